The molecule has 0 saturated heterocycles. The largest absolute Gasteiger partial charge is 0.417 e. The number of Topliss-reactive ketones (excluding diaryl/α,β-unsaturated/α-hetero) is 1. The second kappa shape index (κ2) is 4.99. The van der Waals surface area contributed by atoms with Gasteiger partial charge in [-0.3, -0.25) is 9.42 Å². The van der Waals surface area contributed by atoms with Gasteiger partial charge in [0, 0.05) is 5.16 Å². The molecule has 0 aliphatic rings. The summed E-state index contributed by atoms with van der Waals surface area (Å²) in [7, 11) is 5.16. The molecule has 116 valence electrons. The first-order valence-corrected chi connectivity index (χ1v) is 6.71. The van der Waals surface area contributed by atoms with Gasteiger partial charge in [0.2, 0.25) is 5.52 Å². The number of nitrogens with zero attached hydrogens (tertiary/aromatic N) is 4. The molecule has 0 spiro atoms. The Hall–Kier alpha value is -2.61. The molecular weight excluding hydrogens is 288 g/mol. The quantitative estimate of drug-likeness (QED) is 0.516. The van der Waals surface area contributed by atoms with Gasteiger partial charge in [-0.15, -0.1) is 0 Å². The lowest BCUT2D eigenvalue weighted by Gasteiger charge is -2.08. The van der Waals surface area contributed by atoms with E-state index in [2.05, 4.69) is 9.79 Å². The van der Waals surface area contributed by atoms with Crippen LogP contribution in [0.3, 0.4) is 0 Å². The third-order valence-electron chi connectivity index (χ3n) is 3.59. The van der Waals surface area contributed by atoms with Crippen LogP contribution in [0.15, 0.2) is 16.8 Å². The molecule has 1 aromatic carbocycles. The molecule has 0 fully saturated rings. The molecule has 0 unspecified atom stereocenters. The van der Waals surface area contributed by atoms with Crippen molar-refractivity contribution in [2.75, 3.05) is 27.7 Å². The molecule has 0 saturated carbocycles. The fourth-order valence-corrected chi connectivity index (χ4v) is 2.75. The zero-order chi connectivity index (χ0) is 16.0. The Morgan fingerprint density at radius 1 is 1.50 bits per heavy atom. The van der Waals surface area contributed by atoms with Gasteiger partial charge in [0.25, 0.3) is 5.52 Å². The SMILES string of the molecule is COn1c(C)c(C(=O)CN(C)C)c2c3no[n+]([O-])c3ccc21. The van der Waals surface area contributed by atoms with Crippen molar-refractivity contribution in [3.05, 3.63) is 28.6 Å². The van der Waals surface area contributed by atoms with Crippen molar-refractivity contribution in [2.24, 2.45) is 0 Å². The third-order valence-corrected chi connectivity index (χ3v) is 3.59. The molecule has 0 amide bonds. The summed E-state index contributed by atoms with van der Waals surface area (Å²) in [5.74, 6) is -0.0729. The highest BCUT2D eigenvalue weighted by Crippen LogP contribution is 2.30. The van der Waals surface area contributed by atoms with Gasteiger partial charge in [0.1, 0.15) is 7.11 Å². The average molecular weight is 304 g/mol. The number of benzene rings is 1. The van der Waals surface area contributed by atoms with E-state index in [0.717, 1.165) is 0 Å². The predicted molar refractivity (Wildman–Crippen MR) is 78.6 cm³/mol. The highest BCUT2D eigenvalue weighted by atomic mass is 16.8. The highest BCUT2D eigenvalue weighted by Gasteiger charge is 2.27. The smallest absolute Gasteiger partial charge is 0.258 e. The number of fused-ring (bicyclic) bond motifs is 3. The zero-order valence-corrected chi connectivity index (χ0v) is 12.8. The van der Waals surface area contributed by atoms with Crippen LogP contribution >= 0.6 is 0 Å². The van der Waals surface area contributed by atoms with Crippen LogP contribution in [0.1, 0.15) is 16.1 Å². The summed E-state index contributed by atoms with van der Waals surface area (Å²) in [6.45, 7) is 2.04. The van der Waals surface area contributed by atoms with Crippen LogP contribution < -0.4 is 9.74 Å². The standard InChI is InChI=1S/C14H16N4O4/c1-8-12(11(19)7-16(2)3)13-9(17(8)21-4)5-6-10-14(13)15-22-18(10)20/h5-6H,7H2,1-4H3. The highest BCUT2D eigenvalue weighted by molar-refractivity contribution is 6.17. The molecule has 0 bridgehead atoms. The molecule has 22 heavy (non-hydrogen) atoms. The Morgan fingerprint density at radius 3 is 2.86 bits per heavy atom. The van der Waals surface area contributed by atoms with Gasteiger partial charge < -0.3 is 14.9 Å². The van der Waals surface area contributed by atoms with E-state index in [9.17, 15) is 10.0 Å². The van der Waals surface area contributed by atoms with Crippen LogP contribution in [0.25, 0.3) is 21.9 Å². The molecule has 0 atom stereocenters. The van der Waals surface area contributed by atoms with Crippen LogP contribution in [-0.2, 0) is 0 Å². The van der Waals surface area contributed by atoms with Crippen molar-refractivity contribution >= 4 is 27.7 Å². The molecule has 3 rings (SSSR count). The van der Waals surface area contributed by atoms with Crippen LogP contribution in [0, 0.1) is 12.1 Å². The second-order valence-corrected chi connectivity index (χ2v) is 5.36. The van der Waals surface area contributed by atoms with Crippen molar-refractivity contribution in [2.45, 2.75) is 6.92 Å². The van der Waals surface area contributed by atoms with Gasteiger partial charge in [-0.1, -0.05) is 0 Å². The lowest BCUT2D eigenvalue weighted by atomic mass is 10.1. The maximum atomic E-state index is 12.6. The maximum absolute atomic E-state index is 12.6. The summed E-state index contributed by atoms with van der Waals surface area (Å²) in [6, 6.07) is 3.31. The van der Waals surface area contributed by atoms with Crippen molar-refractivity contribution in [3.8, 4) is 0 Å². The van der Waals surface area contributed by atoms with Crippen LogP contribution in [0.4, 0.5) is 0 Å². The van der Waals surface area contributed by atoms with E-state index < -0.39 is 0 Å². The molecule has 0 aliphatic carbocycles. The maximum Gasteiger partial charge on any atom is 0.258 e. The molecule has 0 radical (unpaired) electrons. The number of ketones is 1. The van der Waals surface area contributed by atoms with E-state index in [0.29, 0.717) is 32.6 Å². The summed E-state index contributed by atoms with van der Waals surface area (Å²) in [6.07, 6.45) is 0. The molecule has 0 N–H and O–H groups in total. The Kier molecular flexibility index (Phi) is 3.25. The minimum atomic E-state index is -0.0729. The number of likely N-dealkylation sites (N-methyl/N-ethyl adjacent to an activating group) is 1. The first kappa shape index (κ1) is 14.3. The Labute approximate surface area is 125 Å². The summed E-state index contributed by atoms with van der Waals surface area (Å²) >= 11 is 0. The van der Waals surface area contributed by atoms with Gasteiger partial charge in [0.05, 0.1) is 28.7 Å². The first-order chi connectivity index (χ1) is 10.5. The first-order valence-electron chi connectivity index (χ1n) is 6.71. The summed E-state index contributed by atoms with van der Waals surface area (Å²) < 4.78 is 6.22. The molecule has 3 aromatic rings. The van der Waals surface area contributed by atoms with E-state index >= 15 is 0 Å². The molecular formula is C14H16N4O4. The van der Waals surface area contributed by atoms with Gasteiger partial charge in [-0.25, -0.2) is 0 Å². The second-order valence-electron chi connectivity index (χ2n) is 5.36. The number of rotatable bonds is 4. The summed E-state index contributed by atoms with van der Waals surface area (Å²) in [5.41, 5.74) is 2.46. The van der Waals surface area contributed by atoms with Crippen LogP contribution in [0.5, 0.6) is 0 Å². The number of aromatic nitrogens is 3. The molecule has 8 heteroatoms. The van der Waals surface area contributed by atoms with Crippen molar-refractivity contribution in [3.63, 3.8) is 0 Å². The molecule has 0 aliphatic heterocycles. The fourth-order valence-electron chi connectivity index (χ4n) is 2.75. The normalized spacial score (nSPS) is 11.7. The van der Waals surface area contributed by atoms with Crippen molar-refractivity contribution in [1.82, 2.24) is 14.8 Å². The lowest BCUT2D eigenvalue weighted by Crippen LogP contribution is -2.23. The van der Waals surface area contributed by atoms with E-state index in [-0.39, 0.29) is 17.8 Å². The van der Waals surface area contributed by atoms with Crippen molar-refractivity contribution < 1.29 is 19.2 Å². The predicted octanol–water partition coefficient (Wildman–Crippen LogP) is 0.527. The number of hydrogen-bond acceptors (Lipinski definition) is 6. The number of carbonyl (C=O) groups excluding carboxylic acids is 1. The zero-order valence-electron chi connectivity index (χ0n) is 12.8. The monoisotopic (exact) mass is 304 g/mol. The minimum absolute atomic E-state index is 0.0729. The topological polar surface area (TPSA) is 87.4 Å². The lowest BCUT2D eigenvalue weighted by molar-refractivity contribution is -0.782. The number of hydrogen-bond donors (Lipinski definition) is 0. The Morgan fingerprint density at radius 2 is 2.23 bits per heavy atom. The average Bonchev–Trinajstić information content (AvgIpc) is 2.95. The molecule has 2 heterocycles. The van der Waals surface area contributed by atoms with E-state index in [4.69, 9.17) is 4.84 Å². The van der Waals surface area contributed by atoms with Crippen LogP contribution in [0.2, 0.25) is 0 Å². The summed E-state index contributed by atoms with van der Waals surface area (Å²) in [4.78, 5) is 20.1. The molecule has 8 nitrogen and oxygen atoms in total. The Balaban J connectivity index is 2.40. The minimum Gasteiger partial charge on any atom is -0.417 e. The van der Waals surface area contributed by atoms with Gasteiger partial charge in [-0.2, -0.15) is 4.73 Å². The summed E-state index contributed by atoms with van der Waals surface area (Å²) in [5, 5.41) is 16.0. The number of carbonyl (C=O) groups is 1. The van der Waals surface area contributed by atoms with Gasteiger partial charge in [0.15, 0.2) is 5.78 Å². The van der Waals surface area contributed by atoms with E-state index in [1.54, 1.807) is 28.7 Å². The van der Waals surface area contributed by atoms with Gasteiger partial charge >= 0.3 is 0 Å². The third kappa shape index (κ3) is 1.92. The van der Waals surface area contributed by atoms with E-state index in [1.165, 1.54) is 7.11 Å². The van der Waals surface area contributed by atoms with E-state index in [1.807, 2.05) is 14.1 Å². The van der Waals surface area contributed by atoms with Crippen molar-refractivity contribution in [1.29, 1.82) is 0 Å². The van der Waals surface area contributed by atoms with Gasteiger partial charge in [-0.05, 0) is 38.1 Å². The molecule has 2 aromatic heterocycles. The Bertz CT molecular complexity index is 878. The van der Waals surface area contributed by atoms with Crippen LogP contribution in [-0.4, -0.2) is 48.3 Å². The fraction of sp³-hybridized carbons (Fsp3) is 0.357.